The Morgan fingerprint density at radius 3 is 2.33 bits per heavy atom. The molecular weight excluding hydrogens is 437 g/mol. The van der Waals surface area contributed by atoms with Gasteiger partial charge in [-0.2, -0.15) is 0 Å². The van der Waals surface area contributed by atoms with E-state index >= 15 is 0 Å². The fraction of sp³-hybridized carbons (Fsp3) is 0.333. The first kappa shape index (κ1) is 24.3. The summed E-state index contributed by atoms with van der Waals surface area (Å²) in [4.78, 5) is 26.5. The highest BCUT2D eigenvalue weighted by Gasteiger charge is 2.31. The molecule has 2 amide bonds. The van der Waals surface area contributed by atoms with Gasteiger partial charge >= 0.3 is 6.36 Å². The van der Waals surface area contributed by atoms with Crippen LogP contribution in [0.15, 0.2) is 60.7 Å². The molecule has 176 valence electrons. The van der Waals surface area contributed by atoms with Gasteiger partial charge in [-0.05, 0) is 42.2 Å². The van der Waals surface area contributed by atoms with E-state index in [1.165, 1.54) is 18.2 Å². The Morgan fingerprint density at radius 2 is 1.73 bits per heavy atom. The molecule has 33 heavy (non-hydrogen) atoms. The molecule has 0 radical (unpaired) electrons. The van der Waals surface area contributed by atoms with E-state index in [0.717, 1.165) is 17.7 Å². The predicted molar refractivity (Wildman–Crippen MR) is 116 cm³/mol. The topological polar surface area (TPSA) is 78.9 Å². The maximum absolute atomic E-state index is 12.4. The van der Waals surface area contributed by atoms with Gasteiger partial charge < -0.3 is 20.1 Å². The molecule has 1 saturated heterocycles. The normalized spacial score (nSPS) is 15.9. The maximum Gasteiger partial charge on any atom is 0.573 e. The van der Waals surface area contributed by atoms with E-state index < -0.39 is 12.5 Å². The van der Waals surface area contributed by atoms with Crippen LogP contribution in [0.25, 0.3) is 6.08 Å². The Balaban J connectivity index is 1.41. The van der Waals surface area contributed by atoms with Crippen molar-refractivity contribution in [2.24, 2.45) is 5.92 Å². The standard InChI is InChI=1S/C24H25F3N2O4/c25-24(26,27)33-20-9-7-18(8-10-20)21(30)16-28-23(32)19-12-14-29(15-13-19)22(31)11-6-17-4-2-1-3-5-17/h1-11,19,21,30H,12-16H2,(H,28,32)/b11-6+. The second-order valence-corrected chi connectivity index (χ2v) is 7.72. The first-order chi connectivity index (χ1) is 15.7. The molecule has 2 N–H and O–H groups in total. The monoisotopic (exact) mass is 462 g/mol. The van der Waals surface area contributed by atoms with Crippen molar-refractivity contribution in [2.75, 3.05) is 19.6 Å². The van der Waals surface area contributed by atoms with Crippen molar-refractivity contribution < 1.29 is 32.6 Å². The Kier molecular flexibility index (Phi) is 8.11. The number of carbonyl (C=O) groups is 2. The van der Waals surface area contributed by atoms with Crippen molar-refractivity contribution in [3.05, 3.63) is 71.8 Å². The minimum absolute atomic E-state index is 0.0722. The van der Waals surface area contributed by atoms with Crippen molar-refractivity contribution in [1.82, 2.24) is 10.2 Å². The molecule has 0 aromatic heterocycles. The number of carbonyl (C=O) groups excluding carboxylic acids is 2. The number of likely N-dealkylation sites (tertiary alicyclic amines) is 1. The summed E-state index contributed by atoms with van der Waals surface area (Å²) in [5, 5.41) is 12.9. The molecule has 0 spiro atoms. The molecule has 2 aromatic carbocycles. The summed E-state index contributed by atoms with van der Waals surface area (Å²) >= 11 is 0. The molecule has 1 aliphatic heterocycles. The number of aliphatic hydroxyl groups is 1. The lowest BCUT2D eigenvalue weighted by atomic mass is 9.95. The lowest BCUT2D eigenvalue weighted by molar-refractivity contribution is -0.274. The van der Waals surface area contributed by atoms with Crippen molar-refractivity contribution >= 4 is 17.9 Å². The van der Waals surface area contributed by atoms with E-state index in [1.807, 2.05) is 30.3 Å². The number of hydrogen-bond donors (Lipinski definition) is 2. The number of halogens is 3. The Morgan fingerprint density at radius 1 is 1.09 bits per heavy atom. The summed E-state index contributed by atoms with van der Waals surface area (Å²) in [5.74, 6) is -0.992. The highest BCUT2D eigenvalue weighted by atomic mass is 19.4. The number of rotatable bonds is 7. The lowest BCUT2D eigenvalue weighted by Crippen LogP contribution is -2.43. The fourth-order valence-corrected chi connectivity index (χ4v) is 3.55. The van der Waals surface area contributed by atoms with Crippen LogP contribution in [0.1, 0.15) is 30.1 Å². The van der Waals surface area contributed by atoms with Gasteiger partial charge in [-0.3, -0.25) is 9.59 Å². The van der Waals surface area contributed by atoms with Crippen LogP contribution in [0, 0.1) is 5.92 Å². The zero-order valence-electron chi connectivity index (χ0n) is 17.8. The van der Waals surface area contributed by atoms with Gasteiger partial charge in [0, 0.05) is 31.6 Å². The summed E-state index contributed by atoms with van der Waals surface area (Å²) in [5.41, 5.74) is 1.29. The molecule has 1 fully saturated rings. The molecule has 1 atom stereocenters. The first-order valence-electron chi connectivity index (χ1n) is 10.5. The van der Waals surface area contributed by atoms with Crippen LogP contribution in [0.2, 0.25) is 0 Å². The fourth-order valence-electron chi connectivity index (χ4n) is 3.55. The molecule has 1 unspecified atom stereocenters. The molecule has 0 bridgehead atoms. The van der Waals surface area contributed by atoms with Gasteiger partial charge in [-0.15, -0.1) is 13.2 Å². The molecule has 0 saturated carbocycles. The minimum Gasteiger partial charge on any atom is -0.406 e. The average Bonchev–Trinajstić information content (AvgIpc) is 2.81. The van der Waals surface area contributed by atoms with Crippen molar-refractivity contribution in [2.45, 2.75) is 25.3 Å². The summed E-state index contributed by atoms with van der Waals surface area (Å²) in [6.07, 6.45) is -1.56. The number of hydrogen-bond acceptors (Lipinski definition) is 4. The van der Waals surface area contributed by atoms with Crippen LogP contribution < -0.4 is 10.1 Å². The lowest BCUT2D eigenvalue weighted by Gasteiger charge is -2.30. The summed E-state index contributed by atoms with van der Waals surface area (Å²) in [6.45, 7) is 0.843. The zero-order chi connectivity index (χ0) is 23.8. The maximum atomic E-state index is 12.4. The van der Waals surface area contributed by atoms with Crippen molar-refractivity contribution in [3.63, 3.8) is 0 Å². The average molecular weight is 462 g/mol. The molecule has 3 rings (SSSR count). The van der Waals surface area contributed by atoms with Crippen molar-refractivity contribution in [3.8, 4) is 5.75 Å². The molecule has 0 aliphatic carbocycles. The van der Waals surface area contributed by atoms with Gasteiger partial charge in [-0.1, -0.05) is 42.5 Å². The van der Waals surface area contributed by atoms with Crippen LogP contribution in [-0.2, 0) is 9.59 Å². The molecular formula is C24H25F3N2O4. The number of nitrogens with one attached hydrogen (secondary N) is 1. The molecule has 2 aromatic rings. The molecule has 1 heterocycles. The third-order valence-electron chi connectivity index (χ3n) is 5.36. The van der Waals surface area contributed by atoms with Gasteiger partial charge in [0.05, 0.1) is 6.10 Å². The number of alkyl halides is 3. The Hall–Kier alpha value is -3.33. The number of amides is 2. The number of piperidine rings is 1. The van der Waals surface area contributed by atoms with Crippen molar-refractivity contribution in [1.29, 1.82) is 0 Å². The SMILES string of the molecule is O=C(NCC(O)c1ccc(OC(F)(F)F)cc1)C1CCN(C(=O)/C=C/c2ccccc2)CC1. The Labute approximate surface area is 189 Å². The number of aliphatic hydroxyl groups excluding tert-OH is 1. The third-order valence-corrected chi connectivity index (χ3v) is 5.36. The Bertz CT molecular complexity index is 954. The van der Waals surface area contributed by atoms with Gasteiger partial charge in [-0.25, -0.2) is 0 Å². The van der Waals surface area contributed by atoms with Crippen LogP contribution in [0.3, 0.4) is 0 Å². The highest BCUT2D eigenvalue weighted by molar-refractivity contribution is 5.92. The smallest absolute Gasteiger partial charge is 0.406 e. The largest absolute Gasteiger partial charge is 0.573 e. The van der Waals surface area contributed by atoms with E-state index in [-0.39, 0.29) is 30.0 Å². The second-order valence-electron chi connectivity index (χ2n) is 7.72. The minimum atomic E-state index is -4.79. The zero-order valence-corrected chi connectivity index (χ0v) is 17.8. The molecule has 1 aliphatic rings. The van der Waals surface area contributed by atoms with E-state index in [1.54, 1.807) is 11.0 Å². The summed E-state index contributed by atoms with van der Waals surface area (Å²) in [7, 11) is 0. The number of ether oxygens (including phenoxy) is 1. The van der Waals surface area contributed by atoms with Gasteiger partial charge in [0.15, 0.2) is 0 Å². The highest BCUT2D eigenvalue weighted by Crippen LogP contribution is 2.24. The molecule has 6 nitrogen and oxygen atoms in total. The second kappa shape index (κ2) is 11.0. The quantitative estimate of drug-likeness (QED) is 0.616. The number of nitrogens with zero attached hydrogens (tertiary/aromatic N) is 1. The van der Waals surface area contributed by atoms with Gasteiger partial charge in [0.1, 0.15) is 5.75 Å². The van der Waals surface area contributed by atoms with Crippen LogP contribution in [0.4, 0.5) is 13.2 Å². The van der Waals surface area contributed by atoms with Crippen LogP contribution in [-0.4, -0.2) is 47.8 Å². The summed E-state index contributed by atoms with van der Waals surface area (Å²) < 4.78 is 40.5. The van der Waals surface area contributed by atoms with Gasteiger partial charge in [0.25, 0.3) is 0 Å². The first-order valence-corrected chi connectivity index (χ1v) is 10.5. The number of benzene rings is 2. The van der Waals surface area contributed by atoms with Crippen LogP contribution >= 0.6 is 0 Å². The van der Waals surface area contributed by atoms with Gasteiger partial charge in [0.2, 0.25) is 11.8 Å². The predicted octanol–water partition coefficient (Wildman–Crippen LogP) is 3.69. The van der Waals surface area contributed by atoms with Crippen LogP contribution in [0.5, 0.6) is 5.75 Å². The summed E-state index contributed by atoms with van der Waals surface area (Å²) in [6, 6.07) is 14.3. The van der Waals surface area contributed by atoms with E-state index in [4.69, 9.17) is 0 Å². The third kappa shape index (κ3) is 7.64. The van der Waals surface area contributed by atoms with E-state index in [9.17, 15) is 27.9 Å². The molecule has 9 heteroatoms. The van der Waals surface area contributed by atoms with E-state index in [0.29, 0.717) is 31.5 Å². The van der Waals surface area contributed by atoms with E-state index in [2.05, 4.69) is 10.1 Å².